The van der Waals surface area contributed by atoms with Crippen LogP contribution in [0.15, 0.2) is 24.3 Å². The molecule has 1 aromatic rings. The van der Waals surface area contributed by atoms with Crippen LogP contribution in [0.2, 0.25) is 5.02 Å². The van der Waals surface area contributed by atoms with Crippen molar-refractivity contribution in [3.8, 4) is 0 Å². The van der Waals surface area contributed by atoms with Gasteiger partial charge in [-0.2, -0.15) is 0 Å². The number of rotatable bonds is 8. The molecule has 1 atom stereocenters. The Labute approximate surface area is 116 Å². The topological polar surface area (TPSA) is 21.3 Å². The fourth-order valence-electron chi connectivity index (χ4n) is 1.75. The van der Waals surface area contributed by atoms with Crippen molar-refractivity contribution >= 4 is 11.6 Å². The molecule has 0 amide bonds. The van der Waals surface area contributed by atoms with E-state index < -0.39 is 0 Å². The fourth-order valence-corrected chi connectivity index (χ4v) is 1.88. The fraction of sp³-hybridized carbons (Fsp3) is 0.600. The van der Waals surface area contributed by atoms with Gasteiger partial charge in [0.1, 0.15) is 0 Å². The van der Waals surface area contributed by atoms with Gasteiger partial charge >= 0.3 is 0 Å². The Kier molecular flexibility index (Phi) is 7.33. The minimum absolute atomic E-state index is 0.279. The summed E-state index contributed by atoms with van der Waals surface area (Å²) < 4.78 is 5.71. The molecule has 1 N–H and O–H groups in total. The van der Waals surface area contributed by atoms with Crippen molar-refractivity contribution in [3.05, 3.63) is 34.9 Å². The summed E-state index contributed by atoms with van der Waals surface area (Å²) in [7, 11) is 0. The monoisotopic (exact) mass is 269 g/mol. The third kappa shape index (κ3) is 6.39. The first-order valence-corrected chi connectivity index (χ1v) is 7.09. The Balaban J connectivity index is 2.50. The molecule has 0 aliphatic rings. The van der Waals surface area contributed by atoms with Crippen LogP contribution >= 0.6 is 11.6 Å². The van der Waals surface area contributed by atoms with Crippen molar-refractivity contribution in [3.63, 3.8) is 0 Å². The van der Waals surface area contributed by atoms with E-state index in [2.05, 4.69) is 38.2 Å². The van der Waals surface area contributed by atoms with E-state index >= 15 is 0 Å². The van der Waals surface area contributed by atoms with E-state index in [1.165, 1.54) is 5.56 Å². The van der Waals surface area contributed by atoms with Gasteiger partial charge in [0.05, 0.1) is 12.7 Å². The number of hydrogen-bond donors (Lipinski definition) is 1. The lowest BCUT2D eigenvalue weighted by molar-refractivity contribution is 0.0613. The predicted octanol–water partition coefficient (Wildman–Crippen LogP) is 3.68. The Morgan fingerprint density at radius 1 is 1.22 bits per heavy atom. The molecule has 0 aromatic heterocycles. The average Bonchev–Trinajstić information content (AvgIpc) is 2.35. The number of hydrogen-bond acceptors (Lipinski definition) is 2. The highest BCUT2D eigenvalue weighted by molar-refractivity contribution is 6.30. The van der Waals surface area contributed by atoms with E-state index in [1.807, 2.05) is 12.1 Å². The Bertz CT molecular complexity index is 324. The minimum Gasteiger partial charge on any atom is -0.377 e. The summed E-state index contributed by atoms with van der Waals surface area (Å²) in [6, 6.07) is 8.42. The summed E-state index contributed by atoms with van der Waals surface area (Å²) in [4.78, 5) is 0. The van der Waals surface area contributed by atoms with E-state index in [9.17, 15) is 0 Å². The third-order valence-corrected chi connectivity index (χ3v) is 2.96. The number of nitrogens with one attached hydrogen (secondary N) is 1. The quantitative estimate of drug-likeness (QED) is 0.777. The predicted molar refractivity (Wildman–Crippen MR) is 78.3 cm³/mol. The summed E-state index contributed by atoms with van der Waals surface area (Å²) >= 11 is 5.89. The maximum atomic E-state index is 5.89. The van der Waals surface area contributed by atoms with Gasteiger partial charge in [-0.15, -0.1) is 0 Å². The summed E-state index contributed by atoms with van der Waals surface area (Å²) in [5, 5.41) is 4.32. The molecule has 102 valence electrons. The van der Waals surface area contributed by atoms with Crippen LogP contribution in [-0.4, -0.2) is 25.3 Å². The lowest BCUT2D eigenvalue weighted by Crippen LogP contribution is -2.36. The first-order chi connectivity index (χ1) is 8.61. The van der Waals surface area contributed by atoms with Gasteiger partial charge in [-0.25, -0.2) is 0 Å². The van der Waals surface area contributed by atoms with Crippen LogP contribution in [0, 0.1) is 0 Å². The molecular formula is C15H24ClNO. The van der Waals surface area contributed by atoms with Gasteiger partial charge < -0.3 is 10.1 Å². The smallest absolute Gasteiger partial charge is 0.0626 e. The van der Waals surface area contributed by atoms with Gasteiger partial charge in [0.2, 0.25) is 0 Å². The lowest BCUT2D eigenvalue weighted by atomic mass is 10.1. The molecule has 0 aliphatic heterocycles. The molecule has 0 aliphatic carbocycles. The van der Waals surface area contributed by atoms with Gasteiger partial charge in [-0.05, 0) is 50.9 Å². The Morgan fingerprint density at radius 2 is 1.89 bits per heavy atom. The molecule has 0 radical (unpaired) electrons. The number of halogens is 1. The van der Waals surface area contributed by atoms with E-state index in [-0.39, 0.29) is 6.10 Å². The second-order valence-electron chi connectivity index (χ2n) is 4.86. The zero-order valence-electron chi connectivity index (χ0n) is 11.6. The molecule has 0 spiro atoms. The summed E-state index contributed by atoms with van der Waals surface area (Å²) in [5.74, 6) is 0. The summed E-state index contributed by atoms with van der Waals surface area (Å²) in [6.45, 7) is 8.09. The molecule has 0 bridgehead atoms. The zero-order chi connectivity index (χ0) is 13.4. The highest BCUT2D eigenvalue weighted by Crippen LogP contribution is 2.11. The van der Waals surface area contributed by atoms with Crippen molar-refractivity contribution < 1.29 is 4.74 Å². The van der Waals surface area contributed by atoms with E-state index in [0.29, 0.717) is 6.04 Å². The lowest BCUT2D eigenvalue weighted by Gasteiger charge is -2.20. The minimum atomic E-state index is 0.279. The third-order valence-electron chi connectivity index (χ3n) is 2.71. The summed E-state index contributed by atoms with van der Waals surface area (Å²) in [6.07, 6.45) is 2.39. The maximum absolute atomic E-state index is 5.89. The number of benzene rings is 1. The molecule has 1 rings (SSSR count). The van der Waals surface area contributed by atoms with Crippen molar-refractivity contribution in [2.24, 2.45) is 0 Å². The van der Waals surface area contributed by atoms with E-state index in [4.69, 9.17) is 16.3 Å². The van der Waals surface area contributed by atoms with Gasteiger partial charge in [0, 0.05) is 11.1 Å². The number of ether oxygens (including phenoxy) is 1. The standard InChI is InChI=1S/C15H24ClNO/c1-4-9-17-15(11-18-12(2)3)10-13-5-7-14(16)8-6-13/h5-8,12,15,17H,4,9-11H2,1-3H3. The van der Waals surface area contributed by atoms with Crippen LogP contribution < -0.4 is 5.32 Å². The van der Waals surface area contributed by atoms with Crippen molar-refractivity contribution in [2.75, 3.05) is 13.2 Å². The van der Waals surface area contributed by atoms with Crippen LogP contribution in [0.1, 0.15) is 32.8 Å². The van der Waals surface area contributed by atoms with Crippen molar-refractivity contribution in [2.45, 2.75) is 45.8 Å². The van der Waals surface area contributed by atoms with E-state index in [1.54, 1.807) is 0 Å². The second-order valence-corrected chi connectivity index (χ2v) is 5.30. The molecule has 0 heterocycles. The van der Waals surface area contributed by atoms with Crippen LogP contribution in [-0.2, 0) is 11.2 Å². The van der Waals surface area contributed by atoms with Crippen LogP contribution in [0.25, 0.3) is 0 Å². The van der Waals surface area contributed by atoms with E-state index in [0.717, 1.165) is 31.0 Å². The highest BCUT2D eigenvalue weighted by Gasteiger charge is 2.10. The average molecular weight is 270 g/mol. The van der Waals surface area contributed by atoms with Crippen LogP contribution in [0.3, 0.4) is 0 Å². The largest absolute Gasteiger partial charge is 0.377 e. The first kappa shape index (κ1) is 15.5. The Morgan fingerprint density at radius 3 is 2.44 bits per heavy atom. The highest BCUT2D eigenvalue weighted by atomic mass is 35.5. The molecular weight excluding hydrogens is 246 g/mol. The summed E-state index contributed by atoms with van der Waals surface area (Å²) in [5.41, 5.74) is 1.29. The molecule has 0 saturated heterocycles. The molecule has 3 heteroatoms. The van der Waals surface area contributed by atoms with Crippen LogP contribution in [0.5, 0.6) is 0 Å². The molecule has 2 nitrogen and oxygen atoms in total. The van der Waals surface area contributed by atoms with Gasteiger partial charge in [0.15, 0.2) is 0 Å². The van der Waals surface area contributed by atoms with Gasteiger partial charge in [-0.1, -0.05) is 30.7 Å². The SMILES string of the molecule is CCCNC(COC(C)C)Cc1ccc(Cl)cc1. The molecule has 0 saturated carbocycles. The van der Waals surface area contributed by atoms with Gasteiger partial charge in [0.25, 0.3) is 0 Å². The first-order valence-electron chi connectivity index (χ1n) is 6.71. The molecule has 0 fully saturated rings. The molecule has 18 heavy (non-hydrogen) atoms. The molecule has 1 aromatic carbocycles. The van der Waals surface area contributed by atoms with Crippen molar-refractivity contribution in [1.29, 1.82) is 0 Å². The normalized spacial score (nSPS) is 12.9. The van der Waals surface area contributed by atoms with Gasteiger partial charge in [-0.3, -0.25) is 0 Å². The Hall–Kier alpha value is -0.570. The zero-order valence-corrected chi connectivity index (χ0v) is 12.3. The molecule has 1 unspecified atom stereocenters. The van der Waals surface area contributed by atoms with Crippen molar-refractivity contribution in [1.82, 2.24) is 5.32 Å². The maximum Gasteiger partial charge on any atom is 0.0626 e. The second kappa shape index (κ2) is 8.52. The van der Waals surface area contributed by atoms with Crippen LogP contribution in [0.4, 0.5) is 0 Å².